The summed E-state index contributed by atoms with van der Waals surface area (Å²) in [4.78, 5) is 25.1. The summed E-state index contributed by atoms with van der Waals surface area (Å²) < 4.78 is 25.4. The van der Waals surface area contributed by atoms with Gasteiger partial charge in [0.05, 0.1) is 23.8 Å². The van der Waals surface area contributed by atoms with Crippen molar-refractivity contribution < 1.29 is 23.6 Å². The molecule has 1 N–H and O–H groups in total. The van der Waals surface area contributed by atoms with Gasteiger partial charge in [-0.15, -0.1) is 0 Å². The summed E-state index contributed by atoms with van der Waals surface area (Å²) in [7, 11) is 0. The molecule has 0 aromatic heterocycles. The molecule has 10 heteroatoms. The number of morpholine rings is 1. The maximum Gasteiger partial charge on any atom is 0.313 e. The van der Waals surface area contributed by atoms with E-state index in [-0.39, 0.29) is 16.5 Å². The van der Waals surface area contributed by atoms with Crippen molar-refractivity contribution in [3.05, 3.63) is 87.2 Å². The Labute approximate surface area is 193 Å². The van der Waals surface area contributed by atoms with Gasteiger partial charge in [0, 0.05) is 35.4 Å². The standard InChI is InChI=1S/C23H19ClFN3O5/c24-16-3-8-22(21(13-16)28(30)31)33-18-5-1-15(2-6-18)23(29)26-17-4-7-20(19(25)14-17)27-9-11-32-12-10-27/h1-8,13-14H,9-12H2,(H,26,29). The number of anilines is 2. The molecule has 1 saturated heterocycles. The van der Waals surface area contributed by atoms with Crippen LogP contribution in [0.1, 0.15) is 10.4 Å². The molecule has 3 aromatic rings. The highest BCUT2D eigenvalue weighted by Gasteiger charge is 2.18. The summed E-state index contributed by atoms with van der Waals surface area (Å²) >= 11 is 5.81. The van der Waals surface area contributed by atoms with Crippen LogP contribution in [-0.2, 0) is 4.74 Å². The molecule has 1 heterocycles. The number of hydrogen-bond donors (Lipinski definition) is 1. The third-order valence-electron chi connectivity index (χ3n) is 5.02. The van der Waals surface area contributed by atoms with Crippen molar-refractivity contribution in [2.24, 2.45) is 0 Å². The zero-order valence-electron chi connectivity index (χ0n) is 17.3. The van der Waals surface area contributed by atoms with Gasteiger partial charge in [0.15, 0.2) is 0 Å². The van der Waals surface area contributed by atoms with Crippen molar-refractivity contribution >= 4 is 34.6 Å². The van der Waals surface area contributed by atoms with Gasteiger partial charge in [-0.05, 0) is 54.6 Å². The van der Waals surface area contributed by atoms with Gasteiger partial charge in [-0.3, -0.25) is 14.9 Å². The average molecular weight is 472 g/mol. The number of halogens is 2. The molecule has 1 fully saturated rings. The Morgan fingerprint density at radius 1 is 1.09 bits per heavy atom. The summed E-state index contributed by atoms with van der Waals surface area (Å²) in [6.07, 6.45) is 0. The van der Waals surface area contributed by atoms with Crippen molar-refractivity contribution in [1.82, 2.24) is 0 Å². The fraction of sp³-hybridized carbons (Fsp3) is 0.174. The molecule has 1 amide bonds. The minimum atomic E-state index is -0.591. The van der Waals surface area contributed by atoms with Crippen LogP contribution >= 0.6 is 11.6 Å². The molecule has 8 nitrogen and oxygen atoms in total. The number of nitro benzene ring substituents is 1. The number of ether oxygens (including phenoxy) is 2. The van der Waals surface area contributed by atoms with Crippen molar-refractivity contribution in [1.29, 1.82) is 0 Å². The SMILES string of the molecule is O=C(Nc1ccc(N2CCOCC2)c(F)c1)c1ccc(Oc2ccc(Cl)cc2[N+](=O)[O-])cc1. The Morgan fingerprint density at radius 3 is 2.48 bits per heavy atom. The Morgan fingerprint density at radius 2 is 1.82 bits per heavy atom. The molecule has 0 saturated carbocycles. The third-order valence-corrected chi connectivity index (χ3v) is 5.25. The smallest absolute Gasteiger partial charge is 0.313 e. The Balaban J connectivity index is 1.43. The number of carbonyl (C=O) groups is 1. The molecule has 1 aliphatic rings. The van der Waals surface area contributed by atoms with Gasteiger partial charge in [-0.2, -0.15) is 0 Å². The average Bonchev–Trinajstić information content (AvgIpc) is 2.81. The summed E-state index contributed by atoms with van der Waals surface area (Å²) in [6, 6.07) is 14.7. The number of hydrogen-bond acceptors (Lipinski definition) is 6. The second kappa shape index (κ2) is 9.85. The number of carbonyl (C=O) groups excluding carboxylic acids is 1. The van der Waals surface area contributed by atoms with Crippen molar-refractivity contribution in [3.8, 4) is 11.5 Å². The highest BCUT2D eigenvalue weighted by molar-refractivity contribution is 6.30. The number of nitrogens with zero attached hydrogens (tertiary/aromatic N) is 2. The topological polar surface area (TPSA) is 93.9 Å². The van der Waals surface area contributed by atoms with Gasteiger partial charge >= 0.3 is 5.69 Å². The predicted molar refractivity (Wildman–Crippen MR) is 122 cm³/mol. The maximum atomic E-state index is 14.6. The number of nitrogens with one attached hydrogen (secondary N) is 1. The van der Waals surface area contributed by atoms with Crippen molar-refractivity contribution in [3.63, 3.8) is 0 Å². The van der Waals surface area contributed by atoms with Gasteiger partial charge in [0.2, 0.25) is 5.75 Å². The first kappa shape index (κ1) is 22.5. The molecule has 0 spiro atoms. The lowest BCUT2D eigenvalue weighted by Gasteiger charge is -2.29. The van der Waals surface area contributed by atoms with Crippen LogP contribution in [0.25, 0.3) is 0 Å². The third kappa shape index (κ3) is 5.39. The van der Waals surface area contributed by atoms with E-state index in [2.05, 4.69) is 5.32 Å². The lowest BCUT2D eigenvalue weighted by atomic mass is 10.2. The molecule has 0 radical (unpaired) electrons. The van der Waals surface area contributed by atoms with Crippen LogP contribution in [0.5, 0.6) is 11.5 Å². The fourth-order valence-electron chi connectivity index (χ4n) is 3.37. The first-order valence-corrected chi connectivity index (χ1v) is 10.4. The fourth-order valence-corrected chi connectivity index (χ4v) is 3.54. The molecule has 4 rings (SSSR count). The van der Waals surface area contributed by atoms with E-state index in [1.165, 1.54) is 48.5 Å². The molecular formula is C23H19ClFN3O5. The zero-order valence-corrected chi connectivity index (χ0v) is 18.0. The summed E-state index contributed by atoms with van der Waals surface area (Å²) in [6.45, 7) is 2.30. The molecule has 3 aromatic carbocycles. The Bertz CT molecular complexity index is 1180. The van der Waals surface area contributed by atoms with Gasteiger partial charge in [-0.25, -0.2) is 4.39 Å². The summed E-state index contributed by atoms with van der Waals surface area (Å²) in [5.41, 5.74) is 0.832. The lowest BCUT2D eigenvalue weighted by Crippen LogP contribution is -2.36. The predicted octanol–water partition coefficient (Wildman–Crippen LogP) is 5.27. The highest BCUT2D eigenvalue weighted by atomic mass is 35.5. The van der Waals surface area contributed by atoms with Crippen LogP contribution in [0.15, 0.2) is 60.7 Å². The van der Waals surface area contributed by atoms with Gasteiger partial charge in [0.1, 0.15) is 11.6 Å². The van der Waals surface area contributed by atoms with Crippen LogP contribution in [0.3, 0.4) is 0 Å². The Hall–Kier alpha value is -3.69. The van der Waals surface area contributed by atoms with Gasteiger partial charge in [-0.1, -0.05) is 11.6 Å². The van der Waals surface area contributed by atoms with Crippen molar-refractivity contribution in [2.45, 2.75) is 0 Å². The van der Waals surface area contributed by atoms with E-state index in [0.29, 0.717) is 49.0 Å². The molecule has 0 bridgehead atoms. The van der Waals surface area contributed by atoms with E-state index in [1.807, 2.05) is 4.90 Å². The second-order valence-corrected chi connectivity index (χ2v) is 7.65. The first-order chi connectivity index (χ1) is 15.9. The lowest BCUT2D eigenvalue weighted by molar-refractivity contribution is -0.385. The van der Waals surface area contributed by atoms with Gasteiger partial charge < -0.3 is 19.7 Å². The summed E-state index contributed by atoms with van der Waals surface area (Å²) in [5, 5.41) is 14.1. The molecule has 0 aliphatic carbocycles. The maximum absolute atomic E-state index is 14.6. The van der Waals surface area contributed by atoms with E-state index >= 15 is 0 Å². The number of benzene rings is 3. The molecule has 1 aliphatic heterocycles. The zero-order chi connectivity index (χ0) is 23.4. The van der Waals surface area contributed by atoms with Crippen LogP contribution in [-0.4, -0.2) is 37.1 Å². The minimum absolute atomic E-state index is 0.0254. The molecule has 33 heavy (non-hydrogen) atoms. The van der Waals surface area contributed by atoms with E-state index in [0.717, 1.165) is 0 Å². The normalized spacial score (nSPS) is 13.5. The Kier molecular flexibility index (Phi) is 6.71. The quantitative estimate of drug-likeness (QED) is 0.389. The van der Waals surface area contributed by atoms with E-state index in [4.69, 9.17) is 21.1 Å². The first-order valence-electron chi connectivity index (χ1n) is 10.1. The molecular weight excluding hydrogens is 453 g/mol. The summed E-state index contributed by atoms with van der Waals surface area (Å²) in [5.74, 6) is -0.532. The largest absolute Gasteiger partial charge is 0.450 e. The van der Waals surface area contributed by atoms with Gasteiger partial charge in [0.25, 0.3) is 5.91 Å². The van der Waals surface area contributed by atoms with Crippen LogP contribution < -0.4 is 15.0 Å². The molecule has 0 unspecified atom stereocenters. The van der Waals surface area contributed by atoms with Crippen LogP contribution in [0.2, 0.25) is 5.02 Å². The van der Waals surface area contributed by atoms with Crippen LogP contribution in [0.4, 0.5) is 21.5 Å². The molecule has 170 valence electrons. The molecule has 0 atom stereocenters. The number of nitro groups is 1. The highest BCUT2D eigenvalue weighted by Crippen LogP contribution is 2.33. The number of amides is 1. The van der Waals surface area contributed by atoms with E-state index in [9.17, 15) is 19.3 Å². The van der Waals surface area contributed by atoms with E-state index < -0.39 is 16.6 Å². The van der Waals surface area contributed by atoms with E-state index in [1.54, 1.807) is 12.1 Å². The second-order valence-electron chi connectivity index (χ2n) is 7.22. The number of rotatable bonds is 6. The van der Waals surface area contributed by atoms with Crippen molar-refractivity contribution in [2.75, 3.05) is 36.5 Å². The van der Waals surface area contributed by atoms with Crippen LogP contribution in [0, 0.1) is 15.9 Å². The minimum Gasteiger partial charge on any atom is -0.450 e. The monoisotopic (exact) mass is 471 g/mol.